The number of H-pyrrole nitrogens is 2. The zero-order valence-corrected chi connectivity index (χ0v) is 10.1. The van der Waals surface area contributed by atoms with E-state index in [1.54, 1.807) is 12.4 Å². The highest BCUT2D eigenvalue weighted by atomic mass is 15.5. The van der Waals surface area contributed by atoms with E-state index in [1.165, 1.54) is 0 Å². The van der Waals surface area contributed by atoms with E-state index in [0.29, 0.717) is 11.6 Å². The first-order valence-corrected chi connectivity index (χ1v) is 5.90. The Bertz CT molecular complexity index is 864. The highest BCUT2D eigenvalue weighted by Gasteiger charge is 2.08. The van der Waals surface area contributed by atoms with Crippen LogP contribution >= 0.6 is 0 Å². The van der Waals surface area contributed by atoms with Gasteiger partial charge in [0.05, 0.1) is 12.4 Å². The van der Waals surface area contributed by atoms with E-state index in [4.69, 9.17) is 0 Å². The van der Waals surface area contributed by atoms with Gasteiger partial charge in [-0.05, 0) is 11.3 Å². The number of aromatic nitrogens is 8. The number of benzene rings is 1. The van der Waals surface area contributed by atoms with Crippen molar-refractivity contribution < 1.29 is 0 Å². The highest BCUT2D eigenvalue weighted by Crippen LogP contribution is 2.22. The first-order valence-electron chi connectivity index (χ1n) is 5.90. The van der Waals surface area contributed by atoms with Crippen molar-refractivity contribution >= 4 is 11.0 Å². The first kappa shape index (κ1) is 10.7. The summed E-state index contributed by atoms with van der Waals surface area (Å²) in [5.41, 5.74) is 3.32. The lowest BCUT2D eigenvalue weighted by molar-refractivity contribution is 0.881. The van der Waals surface area contributed by atoms with Gasteiger partial charge in [-0.1, -0.05) is 18.2 Å². The Hall–Kier alpha value is -3.16. The molecule has 4 rings (SSSR count). The summed E-state index contributed by atoms with van der Waals surface area (Å²) in [6, 6.07) is 7.67. The molecule has 0 fully saturated rings. The first-order chi connectivity index (χ1) is 9.90. The Labute approximate surface area is 112 Å². The zero-order valence-electron chi connectivity index (χ0n) is 10.1. The van der Waals surface area contributed by atoms with Crippen LogP contribution in [0.4, 0.5) is 0 Å². The third kappa shape index (κ3) is 1.70. The van der Waals surface area contributed by atoms with Crippen LogP contribution < -0.4 is 0 Å². The Balaban J connectivity index is 1.83. The van der Waals surface area contributed by atoms with E-state index < -0.39 is 0 Å². The Morgan fingerprint density at radius 3 is 2.75 bits per heavy atom. The molecule has 0 aliphatic rings. The van der Waals surface area contributed by atoms with Gasteiger partial charge in [0.1, 0.15) is 11.0 Å². The molecule has 0 atom stereocenters. The maximum Gasteiger partial charge on any atom is 0.204 e. The number of tetrazole rings is 1. The highest BCUT2D eigenvalue weighted by molar-refractivity contribution is 5.75. The summed E-state index contributed by atoms with van der Waals surface area (Å²) in [7, 11) is 0. The third-order valence-electron chi connectivity index (χ3n) is 2.91. The number of nitrogens with zero attached hydrogens (tertiary/aromatic N) is 6. The second kappa shape index (κ2) is 4.19. The zero-order chi connectivity index (χ0) is 13.4. The molecule has 0 radical (unpaired) electrons. The predicted molar refractivity (Wildman–Crippen MR) is 70.3 cm³/mol. The monoisotopic (exact) mass is 264 g/mol. The number of hydrogen-bond acceptors (Lipinski definition) is 6. The Morgan fingerprint density at radius 1 is 1.00 bits per heavy atom. The quantitative estimate of drug-likeness (QED) is 0.563. The molecule has 2 N–H and O–H groups in total. The van der Waals surface area contributed by atoms with Crippen molar-refractivity contribution in [3.8, 4) is 22.8 Å². The SMILES string of the molecule is c1cc(-c2nn[nH]n2)cc(-c2ncc3[nH]ncc3n2)c1. The van der Waals surface area contributed by atoms with Crippen LogP contribution in [0.2, 0.25) is 0 Å². The second-order valence-electron chi connectivity index (χ2n) is 4.18. The maximum absolute atomic E-state index is 4.46. The Morgan fingerprint density at radius 2 is 1.90 bits per heavy atom. The van der Waals surface area contributed by atoms with Gasteiger partial charge < -0.3 is 0 Å². The Kier molecular flexibility index (Phi) is 2.25. The molecule has 20 heavy (non-hydrogen) atoms. The molecule has 96 valence electrons. The minimum atomic E-state index is 0.538. The van der Waals surface area contributed by atoms with Crippen molar-refractivity contribution in [1.29, 1.82) is 0 Å². The maximum atomic E-state index is 4.46. The summed E-state index contributed by atoms with van der Waals surface area (Å²) in [5, 5.41) is 20.7. The molecule has 0 spiro atoms. The molecule has 3 heterocycles. The molecule has 1 aromatic carbocycles. The van der Waals surface area contributed by atoms with Crippen LogP contribution in [0.5, 0.6) is 0 Å². The van der Waals surface area contributed by atoms with Gasteiger partial charge in [-0.2, -0.15) is 10.3 Å². The van der Waals surface area contributed by atoms with Crippen LogP contribution in [-0.4, -0.2) is 40.8 Å². The van der Waals surface area contributed by atoms with Gasteiger partial charge in [0, 0.05) is 11.1 Å². The molecule has 0 bridgehead atoms. The van der Waals surface area contributed by atoms with E-state index in [0.717, 1.165) is 22.2 Å². The third-order valence-corrected chi connectivity index (χ3v) is 2.91. The largest absolute Gasteiger partial charge is 0.275 e. The number of nitrogens with one attached hydrogen (secondary N) is 2. The van der Waals surface area contributed by atoms with Gasteiger partial charge in [-0.25, -0.2) is 9.97 Å². The van der Waals surface area contributed by atoms with Crippen molar-refractivity contribution in [3.05, 3.63) is 36.7 Å². The summed E-state index contributed by atoms with van der Waals surface area (Å²) in [5.74, 6) is 1.17. The lowest BCUT2D eigenvalue weighted by atomic mass is 10.1. The minimum Gasteiger partial charge on any atom is -0.275 e. The average Bonchev–Trinajstić information content (AvgIpc) is 3.18. The van der Waals surface area contributed by atoms with Gasteiger partial charge in [0.15, 0.2) is 5.82 Å². The molecular formula is C12H8N8. The summed E-state index contributed by atoms with van der Waals surface area (Å²) >= 11 is 0. The molecule has 0 amide bonds. The number of fused-ring (bicyclic) bond motifs is 1. The van der Waals surface area contributed by atoms with Gasteiger partial charge in [-0.15, -0.1) is 10.2 Å². The summed E-state index contributed by atoms with van der Waals surface area (Å²) in [6.45, 7) is 0. The fraction of sp³-hybridized carbons (Fsp3) is 0. The fourth-order valence-corrected chi connectivity index (χ4v) is 1.96. The molecule has 0 unspecified atom stereocenters. The number of aromatic amines is 2. The standard InChI is InChI=1S/C12H8N8/c1-2-7(4-8(3-1)12-17-19-20-18-12)11-13-5-10-9(15-11)6-14-16-10/h1-6H,(H,14,16)(H,17,18,19,20). The van der Waals surface area contributed by atoms with Gasteiger partial charge in [0.25, 0.3) is 0 Å². The molecule has 8 nitrogen and oxygen atoms in total. The van der Waals surface area contributed by atoms with E-state index in [-0.39, 0.29) is 0 Å². The molecule has 4 aromatic rings. The van der Waals surface area contributed by atoms with Crippen LogP contribution in [0, 0.1) is 0 Å². The van der Waals surface area contributed by atoms with Gasteiger partial charge >= 0.3 is 0 Å². The number of hydrogen-bond donors (Lipinski definition) is 2. The van der Waals surface area contributed by atoms with Crippen molar-refractivity contribution in [2.75, 3.05) is 0 Å². The van der Waals surface area contributed by atoms with E-state index in [9.17, 15) is 0 Å². The molecule has 3 aromatic heterocycles. The number of rotatable bonds is 2. The topological polar surface area (TPSA) is 109 Å². The normalized spacial score (nSPS) is 11.0. The van der Waals surface area contributed by atoms with Crippen LogP contribution in [0.15, 0.2) is 36.7 Å². The van der Waals surface area contributed by atoms with E-state index in [2.05, 4.69) is 40.8 Å². The van der Waals surface area contributed by atoms with Crippen LogP contribution in [-0.2, 0) is 0 Å². The molecule has 0 aliphatic carbocycles. The van der Waals surface area contributed by atoms with Crippen molar-refractivity contribution in [1.82, 2.24) is 40.8 Å². The lowest BCUT2D eigenvalue weighted by Gasteiger charge is -2.01. The van der Waals surface area contributed by atoms with Gasteiger partial charge in [-0.3, -0.25) is 5.10 Å². The van der Waals surface area contributed by atoms with Crippen LogP contribution in [0.25, 0.3) is 33.8 Å². The fourth-order valence-electron chi connectivity index (χ4n) is 1.96. The summed E-state index contributed by atoms with van der Waals surface area (Å²) < 4.78 is 0. The molecule has 0 saturated carbocycles. The summed E-state index contributed by atoms with van der Waals surface area (Å²) in [4.78, 5) is 8.78. The predicted octanol–water partition coefficient (Wildman–Crippen LogP) is 1.20. The van der Waals surface area contributed by atoms with Gasteiger partial charge in [0.2, 0.25) is 5.82 Å². The minimum absolute atomic E-state index is 0.538. The molecule has 0 aliphatic heterocycles. The summed E-state index contributed by atoms with van der Waals surface area (Å²) in [6.07, 6.45) is 3.38. The average molecular weight is 264 g/mol. The lowest BCUT2D eigenvalue weighted by Crippen LogP contribution is -1.90. The van der Waals surface area contributed by atoms with Crippen LogP contribution in [0.3, 0.4) is 0 Å². The smallest absolute Gasteiger partial charge is 0.204 e. The molecule has 8 heteroatoms. The second-order valence-corrected chi connectivity index (χ2v) is 4.18. The van der Waals surface area contributed by atoms with E-state index in [1.807, 2.05) is 24.3 Å². The van der Waals surface area contributed by atoms with Crippen molar-refractivity contribution in [3.63, 3.8) is 0 Å². The van der Waals surface area contributed by atoms with Crippen LogP contribution in [0.1, 0.15) is 0 Å². The molecule has 0 saturated heterocycles. The van der Waals surface area contributed by atoms with E-state index >= 15 is 0 Å². The van der Waals surface area contributed by atoms with Crippen molar-refractivity contribution in [2.45, 2.75) is 0 Å². The van der Waals surface area contributed by atoms with Crippen molar-refractivity contribution in [2.24, 2.45) is 0 Å². The molecular weight excluding hydrogens is 256 g/mol.